The van der Waals surface area contributed by atoms with Gasteiger partial charge in [-0.2, -0.15) is 10.1 Å². The fourth-order valence-electron chi connectivity index (χ4n) is 5.64. The van der Waals surface area contributed by atoms with Gasteiger partial charge in [-0.05, 0) is 53.5 Å². The molecular weight excluding hydrogens is 458 g/mol. The quantitative estimate of drug-likeness (QED) is 0.345. The molecular formula is C26H25N7O3. The Morgan fingerprint density at radius 1 is 1.22 bits per heavy atom. The highest BCUT2D eigenvalue weighted by molar-refractivity contribution is 5.93. The molecule has 182 valence electrons. The second kappa shape index (κ2) is 8.13. The Kier molecular flexibility index (Phi) is 5.01. The molecule has 0 amide bonds. The van der Waals surface area contributed by atoms with E-state index in [1.807, 2.05) is 6.07 Å². The van der Waals surface area contributed by atoms with Crippen molar-refractivity contribution in [3.8, 4) is 0 Å². The molecule has 36 heavy (non-hydrogen) atoms. The molecule has 0 saturated carbocycles. The summed E-state index contributed by atoms with van der Waals surface area (Å²) in [7, 11) is 0. The second-order valence-corrected chi connectivity index (χ2v) is 9.60. The third-order valence-corrected chi connectivity index (χ3v) is 7.68. The van der Waals surface area contributed by atoms with Crippen LogP contribution in [0.3, 0.4) is 0 Å². The van der Waals surface area contributed by atoms with Crippen LogP contribution in [0.4, 0.5) is 5.95 Å². The van der Waals surface area contributed by atoms with E-state index in [4.69, 9.17) is 5.73 Å². The normalized spacial score (nSPS) is 18.5. The summed E-state index contributed by atoms with van der Waals surface area (Å²) >= 11 is 0. The van der Waals surface area contributed by atoms with E-state index >= 15 is 0 Å². The summed E-state index contributed by atoms with van der Waals surface area (Å²) in [5, 5.41) is 16.6. The largest absolute Gasteiger partial charge is 0.477 e. The Balaban J connectivity index is 1.25. The van der Waals surface area contributed by atoms with Gasteiger partial charge in [0.15, 0.2) is 5.65 Å². The minimum absolute atomic E-state index is 0.0151. The fourth-order valence-corrected chi connectivity index (χ4v) is 5.64. The first-order valence-corrected chi connectivity index (χ1v) is 11.8. The molecule has 3 aromatic heterocycles. The molecule has 10 nitrogen and oxygen atoms in total. The van der Waals surface area contributed by atoms with Crippen LogP contribution in [-0.2, 0) is 6.42 Å². The predicted octanol–water partition coefficient (Wildman–Crippen LogP) is 2.64. The van der Waals surface area contributed by atoms with Gasteiger partial charge in [-0.1, -0.05) is 30.8 Å². The van der Waals surface area contributed by atoms with E-state index in [1.54, 1.807) is 6.07 Å². The first-order valence-electron chi connectivity index (χ1n) is 11.8. The van der Waals surface area contributed by atoms with Crippen LogP contribution >= 0.6 is 0 Å². The summed E-state index contributed by atoms with van der Waals surface area (Å²) in [5.41, 5.74) is 10.4. The highest BCUT2D eigenvalue weighted by atomic mass is 16.4. The number of aromatic carboxylic acids is 1. The number of fused-ring (bicyclic) bond motifs is 2. The fraction of sp³-hybridized carbons (Fsp3) is 0.269. The van der Waals surface area contributed by atoms with Gasteiger partial charge < -0.3 is 15.7 Å². The third-order valence-electron chi connectivity index (χ3n) is 7.68. The molecule has 0 bridgehead atoms. The maximum absolute atomic E-state index is 13.1. The van der Waals surface area contributed by atoms with E-state index in [-0.39, 0.29) is 28.1 Å². The molecule has 0 radical (unpaired) electrons. The van der Waals surface area contributed by atoms with Gasteiger partial charge in [-0.15, -0.1) is 0 Å². The van der Waals surface area contributed by atoms with Crippen LogP contribution in [0.2, 0.25) is 0 Å². The Labute approximate surface area is 205 Å². The van der Waals surface area contributed by atoms with E-state index in [1.165, 1.54) is 23.4 Å². The number of aromatic amines is 2. The molecule has 1 aliphatic carbocycles. The molecule has 4 heterocycles. The lowest BCUT2D eigenvalue weighted by atomic mass is 9.73. The molecule has 5 N–H and O–H groups in total. The number of hydrogen-bond donors (Lipinski definition) is 4. The van der Waals surface area contributed by atoms with Gasteiger partial charge >= 0.3 is 5.97 Å². The zero-order chi connectivity index (χ0) is 25.0. The maximum atomic E-state index is 13.1. The van der Waals surface area contributed by atoms with Crippen molar-refractivity contribution in [3.05, 3.63) is 87.6 Å². The molecule has 1 aromatic carbocycles. The maximum Gasteiger partial charge on any atom is 0.354 e. The SMILES string of the molecule is C=C(c1ccnc(C(=O)O)c1)c1n[nH]c2nc(N3CCC4(CC3)Cc3ccccc3[C@H]4N)[nH]c(=O)c12. The van der Waals surface area contributed by atoms with Crippen molar-refractivity contribution in [2.75, 3.05) is 18.0 Å². The monoisotopic (exact) mass is 483 g/mol. The topological polar surface area (TPSA) is 154 Å². The minimum atomic E-state index is -1.15. The van der Waals surface area contributed by atoms with Gasteiger partial charge in [-0.25, -0.2) is 9.78 Å². The number of nitrogens with one attached hydrogen (secondary N) is 2. The van der Waals surface area contributed by atoms with E-state index in [0.29, 0.717) is 28.4 Å². The first kappa shape index (κ1) is 22.2. The van der Waals surface area contributed by atoms with Gasteiger partial charge in [0.05, 0.1) is 0 Å². The Bertz CT molecular complexity index is 1580. The lowest BCUT2D eigenvalue weighted by Gasteiger charge is -2.42. The summed E-state index contributed by atoms with van der Waals surface area (Å²) in [5.74, 6) is -0.657. The van der Waals surface area contributed by atoms with Crippen LogP contribution in [0.25, 0.3) is 16.6 Å². The number of hydrogen-bond acceptors (Lipinski definition) is 7. The number of rotatable bonds is 4. The van der Waals surface area contributed by atoms with Crippen molar-refractivity contribution in [3.63, 3.8) is 0 Å². The highest BCUT2D eigenvalue weighted by Gasteiger charge is 2.46. The summed E-state index contributed by atoms with van der Waals surface area (Å²) in [4.78, 5) is 37.9. The summed E-state index contributed by atoms with van der Waals surface area (Å²) in [6.45, 7) is 5.50. The van der Waals surface area contributed by atoms with Crippen molar-refractivity contribution < 1.29 is 9.90 Å². The molecule has 1 atom stereocenters. The number of nitrogens with two attached hydrogens (primary N) is 1. The van der Waals surface area contributed by atoms with Crippen LogP contribution in [0.5, 0.6) is 0 Å². The number of carboxylic acid groups (broad SMARTS) is 1. The van der Waals surface area contributed by atoms with Gasteiger partial charge in [-0.3, -0.25) is 14.9 Å². The molecule has 2 aliphatic rings. The van der Waals surface area contributed by atoms with E-state index in [2.05, 4.69) is 54.8 Å². The predicted molar refractivity (Wildman–Crippen MR) is 135 cm³/mol. The van der Waals surface area contributed by atoms with Crippen molar-refractivity contribution in [1.29, 1.82) is 0 Å². The zero-order valence-electron chi connectivity index (χ0n) is 19.5. The highest BCUT2D eigenvalue weighted by Crippen LogP contribution is 2.50. The lowest BCUT2D eigenvalue weighted by molar-refractivity contribution is 0.0690. The van der Waals surface area contributed by atoms with Gasteiger partial charge in [0, 0.05) is 30.9 Å². The number of piperidine rings is 1. The standard InChI is InChI=1S/C26H25N7O3/c1-14(15-6-9-28-18(12-15)24(35)36)20-19-22(32-31-20)29-25(30-23(19)34)33-10-7-26(8-11-33)13-16-4-2-3-5-17(16)21(26)27/h2-6,9,12,21H,1,7-8,10-11,13,27H2,(H,35,36)(H2,29,30,31,32,34)/t21-/m1/s1. The summed E-state index contributed by atoms with van der Waals surface area (Å²) in [6, 6.07) is 11.5. The number of anilines is 1. The second-order valence-electron chi connectivity index (χ2n) is 9.60. The van der Waals surface area contributed by atoms with Crippen molar-refractivity contribution >= 4 is 28.5 Å². The van der Waals surface area contributed by atoms with Crippen molar-refractivity contribution in [1.82, 2.24) is 25.1 Å². The van der Waals surface area contributed by atoms with Crippen LogP contribution < -0.4 is 16.2 Å². The molecule has 6 rings (SSSR count). The number of benzene rings is 1. The van der Waals surface area contributed by atoms with Gasteiger partial charge in [0.2, 0.25) is 5.95 Å². The van der Waals surface area contributed by atoms with Crippen LogP contribution in [0.15, 0.2) is 54.0 Å². The number of H-pyrrole nitrogens is 2. The molecule has 1 aliphatic heterocycles. The summed E-state index contributed by atoms with van der Waals surface area (Å²) < 4.78 is 0. The Morgan fingerprint density at radius 3 is 2.75 bits per heavy atom. The number of aromatic nitrogens is 5. The molecule has 1 spiro atoms. The molecule has 4 aromatic rings. The van der Waals surface area contributed by atoms with E-state index in [9.17, 15) is 14.7 Å². The van der Waals surface area contributed by atoms with E-state index < -0.39 is 5.97 Å². The third kappa shape index (κ3) is 3.41. The average molecular weight is 484 g/mol. The number of carbonyl (C=O) groups is 1. The minimum Gasteiger partial charge on any atom is -0.477 e. The molecule has 1 fully saturated rings. The molecule has 0 unspecified atom stereocenters. The Hall–Kier alpha value is -4.31. The summed E-state index contributed by atoms with van der Waals surface area (Å²) in [6.07, 6.45) is 4.18. The Morgan fingerprint density at radius 2 is 2.00 bits per heavy atom. The van der Waals surface area contributed by atoms with Gasteiger partial charge in [0.1, 0.15) is 16.8 Å². The average Bonchev–Trinajstić information content (AvgIpc) is 3.44. The van der Waals surface area contributed by atoms with Gasteiger partial charge in [0.25, 0.3) is 5.56 Å². The molecule has 10 heteroatoms. The van der Waals surface area contributed by atoms with Crippen molar-refractivity contribution in [2.45, 2.75) is 25.3 Å². The molecule has 1 saturated heterocycles. The zero-order valence-corrected chi connectivity index (χ0v) is 19.5. The van der Waals surface area contributed by atoms with Crippen LogP contribution in [-0.4, -0.2) is 49.3 Å². The number of nitrogens with zero attached hydrogens (tertiary/aromatic N) is 4. The number of pyridine rings is 1. The van der Waals surface area contributed by atoms with Crippen LogP contribution in [0, 0.1) is 5.41 Å². The van der Waals surface area contributed by atoms with Crippen molar-refractivity contribution in [2.24, 2.45) is 11.1 Å². The van der Waals surface area contributed by atoms with E-state index in [0.717, 1.165) is 32.4 Å². The smallest absolute Gasteiger partial charge is 0.354 e. The lowest BCUT2D eigenvalue weighted by Crippen LogP contribution is -2.45. The number of carboxylic acids is 1. The van der Waals surface area contributed by atoms with Crippen LogP contribution in [0.1, 0.15) is 51.8 Å². The first-order chi connectivity index (χ1) is 17.4.